The van der Waals surface area contributed by atoms with Crippen LogP contribution in [0.2, 0.25) is 0 Å². The van der Waals surface area contributed by atoms with Crippen molar-refractivity contribution in [2.24, 2.45) is 5.92 Å². The standard InChI is InChI=1S/C42H49N3O4/c1-3-24-45(38-14-7-8-15-38)28-39-30(2)40(35-18-16-32(29-46)17-19-35)49-41(48-39)36-22-20-34(21-23-36)37-13-9-12-33(25-37)27-44-42(47)43-26-31-10-5-4-6-11-31/h3-6,9-13,16-23,25,30,38-41,46H,1,7-8,14-15,24,26-29H2,2H3,(H2,43,44,47)/t30-,39+,40+,41+/m1/s1. The van der Waals surface area contributed by atoms with Gasteiger partial charge in [-0.1, -0.05) is 123 Å². The summed E-state index contributed by atoms with van der Waals surface area (Å²) in [7, 11) is 0. The Kier molecular flexibility index (Phi) is 11.9. The molecular weight excluding hydrogens is 610 g/mol. The van der Waals surface area contributed by atoms with Gasteiger partial charge in [-0.25, -0.2) is 4.79 Å². The lowest BCUT2D eigenvalue weighted by Crippen LogP contribution is -2.47. The minimum Gasteiger partial charge on any atom is -0.392 e. The number of urea groups is 1. The SMILES string of the molecule is C=CCN(C[C@@H]1O[C@H](c2ccc(-c3cccc(CNC(=O)NCc4ccccc4)c3)cc2)O[C@H](c2ccc(CO)cc2)[C@@H]1C)C1CCCC1. The number of aliphatic hydroxyl groups excluding tert-OH is 1. The Morgan fingerprint density at radius 2 is 1.49 bits per heavy atom. The molecule has 2 fully saturated rings. The normalized spacial score (nSPS) is 21.0. The fourth-order valence-electron chi connectivity index (χ4n) is 7.08. The third kappa shape index (κ3) is 9.05. The number of rotatable bonds is 13. The number of nitrogens with one attached hydrogen (secondary N) is 2. The lowest BCUT2D eigenvalue weighted by molar-refractivity contribution is -0.276. The van der Waals surface area contributed by atoms with Gasteiger partial charge in [-0.3, -0.25) is 4.90 Å². The lowest BCUT2D eigenvalue weighted by Gasteiger charge is -2.43. The summed E-state index contributed by atoms with van der Waals surface area (Å²) in [6.07, 6.45) is 6.31. The monoisotopic (exact) mass is 659 g/mol. The van der Waals surface area contributed by atoms with Crippen LogP contribution >= 0.6 is 0 Å². The third-order valence-corrected chi connectivity index (χ3v) is 9.93. The predicted octanol–water partition coefficient (Wildman–Crippen LogP) is 8.07. The van der Waals surface area contributed by atoms with E-state index in [1.54, 1.807) is 0 Å². The quantitative estimate of drug-likeness (QED) is 0.127. The number of aliphatic hydroxyl groups is 1. The van der Waals surface area contributed by atoms with E-state index in [1.165, 1.54) is 25.7 Å². The first-order chi connectivity index (χ1) is 24.0. The van der Waals surface area contributed by atoms with Crippen molar-refractivity contribution in [3.63, 3.8) is 0 Å². The summed E-state index contributed by atoms with van der Waals surface area (Å²) in [5, 5.41) is 15.5. The molecule has 0 bridgehead atoms. The molecule has 2 amide bonds. The van der Waals surface area contributed by atoms with Gasteiger partial charge in [0.1, 0.15) is 0 Å². The van der Waals surface area contributed by atoms with E-state index in [-0.39, 0.29) is 30.8 Å². The Balaban J connectivity index is 1.15. The van der Waals surface area contributed by atoms with Gasteiger partial charge >= 0.3 is 6.03 Å². The van der Waals surface area contributed by atoms with Gasteiger partial charge in [-0.05, 0) is 52.3 Å². The molecule has 0 unspecified atom stereocenters. The van der Waals surface area contributed by atoms with Gasteiger partial charge in [0.05, 0.1) is 18.8 Å². The molecule has 4 aromatic rings. The molecule has 7 nitrogen and oxygen atoms in total. The van der Waals surface area contributed by atoms with E-state index in [9.17, 15) is 9.90 Å². The number of hydrogen-bond donors (Lipinski definition) is 3. The number of nitrogens with zero attached hydrogens (tertiary/aromatic N) is 1. The Morgan fingerprint density at radius 1 is 0.816 bits per heavy atom. The van der Waals surface area contributed by atoms with Crippen LogP contribution in [0.4, 0.5) is 4.79 Å². The molecule has 1 aliphatic carbocycles. The number of carbonyl (C=O) groups is 1. The second kappa shape index (κ2) is 16.9. The van der Waals surface area contributed by atoms with E-state index in [0.29, 0.717) is 19.1 Å². The van der Waals surface area contributed by atoms with Crippen LogP contribution in [0.15, 0.2) is 116 Å². The maximum Gasteiger partial charge on any atom is 0.315 e. The summed E-state index contributed by atoms with van der Waals surface area (Å²) < 4.78 is 13.5. The van der Waals surface area contributed by atoms with Gasteiger partial charge in [-0.2, -0.15) is 0 Å². The molecule has 49 heavy (non-hydrogen) atoms. The molecule has 4 atom stereocenters. The smallest absolute Gasteiger partial charge is 0.315 e. The molecule has 7 heteroatoms. The highest BCUT2D eigenvalue weighted by molar-refractivity contribution is 5.74. The van der Waals surface area contributed by atoms with Crippen LogP contribution in [0.25, 0.3) is 11.1 Å². The van der Waals surface area contributed by atoms with Crippen molar-refractivity contribution in [1.82, 2.24) is 15.5 Å². The zero-order valence-corrected chi connectivity index (χ0v) is 28.5. The molecule has 0 spiro atoms. The number of carbonyl (C=O) groups excluding carboxylic acids is 1. The van der Waals surface area contributed by atoms with Crippen molar-refractivity contribution in [3.8, 4) is 11.1 Å². The van der Waals surface area contributed by atoms with Crippen molar-refractivity contribution in [2.45, 2.75) is 76.8 Å². The van der Waals surface area contributed by atoms with Gasteiger partial charge in [0, 0.05) is 43.7 Å². The van der Waals surface area contributed by atoms with Gasteiger partial charge in [0.15, 0.2) is 6.29 Å². The summed E-state index contributed by atoms with van der Waals surface area (Å²) in [5.41, 5.74) is 7.19. The van der Waals surface area contributed by atoms with Crippen LogP contribution in [0.1, 0.15) is 72.8 Å². The topological polar surface area (TPSA) is 83.1 Å². The summed E-state index contributed by atoms with van der Waals surface area (Å²) in [6, 6.07) is 35.0. The molecule has 1 heterocycles. The molecule has 6 rings (SSSR count). The molecule has 3 N–H and O–H groups in total. The zero-order valence-electron chi connectivity index (χ0n) is 28.5. The fourth-order valence-corrected chi connectivity index (χ4v) is 7.08. The molecule has 1 saturated heterocycles. The number of ether oxygens (including phenoxy) is 2. The van der Waals surface area contributed by atoms with E-state index in [1.807, 2.05) is 60.7 Å². The largest absolute Gasteiger partial charge is 0.392 e. The van der Waals surface area contributed by atoms with E-state index in [2.05, 4.69) is 77.6 Å². The summed E-state index contributed by atoms with van der Waals surface area (Å²) in [4.78, 5) is 15.0. The second-order valence-electron chi connectivity index (χ2n) is 13.3. The first-order valence-corrected chi connectivity index (χ1v) is 17.6. The van der Waals surface area contributed by atoms with Crippen LogP contribution in [0, 0.1) is 5.92 Å². The third-order valence-electron chi connectivity index (χ3n) is 9.93. The van der Waals surface area contributed by atoms with Crippen LogP contribution in [0.5, 0.6) is 0 Å². The second-order valence-corrected chi connectivity index (χ2v) is 13.3. The Labute approximate surface area is 291 Å². The Morgan fingerprint density at radius 3 is 2.18 bits per heavy atom. The Bertz CT molecular complexity index is 1640. The molecule has 2 aliphatic rings. The number of hydrogen-bond acceptors (Lipinski definition) is 5. The van der Waals surface area contributed by atoms with E-state index in [4.69, 9.17) is 9.47 Å². The van der Waals surface area contributed by atoms with Gasteiger partial charge in [-0.15, -0.1) is 6.58 Å². The Hall–Kier alpha value is -4.27. The fraction of sp³-hybridized carbons (Fsp3) is 0.357. The maximum atomic E-state index is 12.4. The van der Waals surface area contributed by atoms with Crippen LogP contribution in [-0.2, 0) is 29.2 Å². The van der Waals surface area contributed by atoms with Crippen molar-refractivity contribution in [2.75, 3.05) is 13.1 Å². The number of amides is 2. The summed E-state index contributed by atoms with van der Waals surface area (Å²) >= 11 is 0. The average molecular weight is 660 g/mol. The molecule has 4 aromatic carbocycles. The van der Waals surface area contributed by atoms with Crippen molar-refractivity contribution in [1.29, 1.82) is 0 Å². The minimum absolute atomic E-state index is 0.0173. The van der Waals surface area contributed by atoms with Crippen LogP contribution in [0.3, 0.4) is 0 Å². The van der Waals surface area contributed by atoms with Crippen molar-refractivity contribution >= 4 is 6.03 Å². The van der Waals surface area contributed by atoms with E-state index >= 15 is 0 Å². The summed E-state index contributed by atoms with van der Waals surface area (Å²) in [6.45, 7) is 8.88. The highest BCUT2D eigenvalue weighted by atomic mass is 16.7. The molecule has 0 radical (unpaired) electrons. The molecule has 1 aliphatic heterocycles. The first kappa shape index (κ1) is 34.6. The molecular formula is C42H49N3O4. The van der Waals surface area contributed by atoms with Gasteiger partial charge < -0.3 is 25.2 Å². The van der Waals surface area contributed by atoms with E-state index in [0.717, 1.165) is 52.0 Å². The minimum atomic E-state index is -0.517. The average Bonchev–Trinajstić information content (AvgIpc) is 3.70. The van der Waals surface area contributed by atoms with Crippen LogP contribution in [-0.4, -0.2) is 41.3 Å². The van der Waals surface area contributed by atoms with Crippen molar-refractivity contribution < 1.29 is 19.4 Å². The zero-order chi connectivity index (χ0) is 34.0. The molecule has 1 saturated carbocycles. The van der Waals surface area contributed by atoms with E-state index < -0.39 is 6.29 Å². The van der Waals surface area contributed by atoms with Crippen LogP contribution < -0.4 is 10.6 Å². The van der Waals surface area contributed by atoms with Gasteiger partial charge in [0.2, 0.25) is 0 Å². The first-order valence-electron chi connectivity index (χ1n) is 17.6. The highest BCUT2D eigenvalue weighted by Gasteiger charge is 2.40. The summed E-state index contributed by atoms with van der Waals surface area (Å²) in [5.74, 6) is 0.126. The maximum absolute atomic E-state index is 12.4. The van der Waals surface area contributed by atoms with Gasteiger partial charge in [0.25, 0.3) is 0 Å². The highest BCUT2D eigenvalue weighted by Crippen LogP contribution is 2.42. The lowest BCUT2D eigenvalue weighted by atomic mass is 9.89. The number of benzene rings is 4. The molecule has 0 aromatic heterocycles. The van der Waals surface area contributed by atoms with Crippen molar-refractivity contribution in [3.05, 3.63) is 144 Å². The predicted molar refractivity (Wildman–Crippen MR) is 194 cm³/mol. The molecule has 256 valence electrons.